The van der Waals surface area contributed by atoms with Crippen molar-refractivity contribution >= 4 is 29.4 Å². The Morgan fingerprint density at radius 2 is 1.73 bits per heavy atom. The molecule has 7 nitrogen and oxygen atoms in total. The van der Waals surface area contributed by atoms with Crippen LogP contribution in [0.5, 0.6) is 5.75 Å². The Morgan fingerprint density at radius 3 is 2.37 bits per heavy atom. The number of hydrogen-bond acceptors (Lipinski definition) is 5. The van der Waals surface area contributed by atoms with Crippen molar-refractivity contribution in [2.75, 3.05) is 23.3 Å². The Kier molecular flexibility index (Phi) is 8.41. The van der Waals surface area contributed by atoms with Gasteiger partial charge in [0.2, 0.25) is 11.8 Å². The lowest BCUT2D eigenvalue weighted by Gasteiger charge is -2.21. The first-order valence-electron chi connectivity index (χ1n) is 10.1. The van der Waals surface area contributed by atoms with Gasteiger partial charge in [0.1, 0.15) is 5.75 Å². The van der Waals surface area contributed by atoms with Gasteiger partial charge in [-0.05, 0) is 51.5 Å². The van der Waals surface area contributed by atoms with Gasteiger partial charge in [-0.25, -0.2) is 5.43 Å². The minimum atomic E-state index is -0.374. The van der Waals surface area contributed by atoms with Crippen molar-refractivity contribution in [1.29, 1.82) is 0 Å². The monoisotopic (exact) mass is 410 g/mol. The van der Waals surface area contributed by atoms with E-state index in [4.69, 9.17) is 0 Å². The molecular formula is C23H30N4O3. The number of anilines is 2. The van der Waals surface area contributed by atoms with Crippen LogP contribution in [0.2, 0.25) is 0 Å². The third-order valence-corrected chi connectivity index (χ3v) is 4.77. The fourth-order valence-electron chi connectivity index (χ4n) is 3.05. The number of hydrogen-bond donors (Lipinski definition) is 3. The number of benzene rings is 2. The standard InChI is InChI=1S/C23H30N4O3/c1-5-27(6-2)19-9-8-18(21(28)14-19)15-24-26-23(30)12-11-22(29)25-20-10-7-16(3)13-17(20)4/h7-10,13-15,28H,5-6,11-12H2,1-4H3,(H,25,29)(H,26,30)/b24-15-. The molecule has 160 valence electrons. The molecule has 2 aromatic carbocycles. The van der Waals surface area contributed by atoms with E-state index < -0.39 is 0 Å². The molecular weight excluding hydrogens is 380 g/mol. The van der Waals surface area contributed by atoms with Gasteiger partial charge in [0.25, 0.3) is 0 Å². The summed E-state index contributed by atoms with van der Waals surface area (Å²) in [5.41, 5.74) is 6.65. The van der Waals surface area contributed by atoms with Crippen molar-refractivity contribution in [1.82, 2.24) is 5.43 Å². The number of carbonyl (C=O) groups is 2. The van der Waals surface area contributed by atoms with Gasteiger partial charge in [0.05, 0.1) is 6.21 Å². The zero-order chi connectivity index (χ0) is 22.1. The minimum Gasteiger partial charge on any atom is -0.507 e. The topological polar surface area (TPSA) is 94.0 Å². The Labute approximate surface area is 177 Å². The summed E-state index contributed by atoms with van der Waals surface area (Å²) in [4.78, 5) is 26.1. The van der Waals surface area contributed by atoms with Crippen LogP contribution in [0.1, 0.15) is 43.4 Å². The van der Waals surface area contributed by atoms with Crippen molar-refractivity contribution in [2.45, 2.75) is 40.5 Å². The first-order chi connectivity index (χ1) is 14.3. The molecule has 0 radical (unpaired) electrons. The number of aryl methyl sites for hydroxylation is 2. The highest BCUT2D eigenvalue weighted by atomic mass is 16.3. The summed E-state index contributed by atoms with van der Waals surface area (Å²) in [6.45, 7) is 9.70. The SMILES string of the molecule is CCN(CC)c1ccc(/C=N\NC(=O)CCC(=O)Nc2ccc(C)cc2C)c(O)c1. The fourth-order valence-corrected chi connectivity index (χ4v) is 3.05. The number of phenolic OH excluding ortho intramolecular Hbond substituents is 1. The largest absolute Gasteiger partial charge is 0.507 e. The maximum absolute atomic E-state index is 12.1. The number of nitrogens with zero attached hydrogens (tertiary/aromatic N) is 2. The van der Waals surface area contributed by atoms with E-state index in [9.17, 15) is 14.7 Å². The molecule has 30 heavy (non-hydrogen) atoms. The van der Waals surface area contributed by atoms with Crippen LogP contribution in [0.3, 0.4) is 0 Å². The third-order valence-electron chi connectivity index (χ3n) is 4.77. The van der Waals surface area contributed by atoms with E-state index in [1.165, 1.54) is 6.21 Å². The third kappa shape index (κ3) is 6.62. The molecule has 0 heterocycles. The van der Waals surface area contributed by atoms with Crippen LogP contribution in [0.25, 0.3) is 0 Å². The van der Waals surface area contributed by atoms with Crippen LogP contribution in [-0.2, 0) is 9.59 Å². The number of aromatic hydroxyl groups is 1. The Balaban J connectivity index is 1.82. The van der Waals surface area contributed by atoms with E-state index in [2.05, 4.69) is 20.7 Å². The molecule has 0 aliphatic carbocycles. The van der Waals surface area contributed by atoms with Crippen LogP contribution in [-0.4, -0.2) is 36.2 Å². The molecule has 7 heteroatoms. The highest BCUT2D eigenvalue weighted by Crippen LogP contribution is 2.23. The Hall–Kier alpha value is -3.35. The summed E-state index contributed by atoms with van der Waals surface area (Å²) in [5.74, 6) is -0.516. The molecule has 0 saturated carbocycles. The van der Waals surface area contributed by atoms with Gasteiger partial charge in [-0.3, -0.25) is 9.59 Å². The lowest BCUT2D eigenvalue weighted by atomic mass is 10.1. The predicted molar refractivity (Wildman–Crippen MR) is 121 cm³/mol. The summed E-state index contributed by atoms with van der Waals surface area (Å²) in [7, 11) is 0. The van der Waals surface area contributed by atoms with E-state index in [-0.39, 0.29) is 30.4 Å². The average Bonchev–Trinajstić information content (AvgIpc) is 2.71. The molecule has 3 N–H and O–H groups in total. The first kappa shape index (κ1) is 22.9. The Morgan fingerprint density at radius 1 is 1.03 bits per heavy atom. The second-order valence-corrected chi connectivity index (χ2v) is 7.08. The first-order valence-corrected chi connectivity index (χ1v) is 10.1. The molecule has 0 fully saturated rings. The van der Waals surface area contributed by atoms with E-state index in [1.807, 2.05) is 52.0 Å². The van der Waals surface area contributed by atoms with Gasteiger partial charge in [-0.15, -0.1) is 0 Å². The van der Waals surface area contributed by atoms with E-state index in [0.29, 0.717) is 5.56 Å². The average molecular weight is 411 g/mol. The van der Waals surface area contributed by atoms with Crippen LogP contribution in [0.15, 0.2) is 41.5 Å². The Bertz CT molecular complexity index is 921. The van der Waals surface area contributed by atoms with E-state index in [0.717, 1.165) is 35.6 Å². The number of amides is 2. The molecule has 0 spiro atoms. The number of rotatable bonds is 9. The van der Waals surface area contributed by atoms with Gasteiger partial charge >= 0.3 is 0 Å². The van der Waals surface area contributed by atoms with Crippen LogP contribution < -0.4 is 15.6 Å². The fraction of sp³-hybridized carbons (Fsp3) is 0.348. The molecule has 0 saturated heterocycles. The van der Waals surface area contributed by atoms with Crippen molar-refractivity contribution in [3.8, 4) is 5.75 Å². The highest BCUT2D eigenvalue weighted by molar-refractivity contribution is 5.94. The van der Waals surface area contributed by atoms with Crippen LogP contribution in [0.4, 0.5) is 11.4 Å². The summed E-state index contributed by atoms with van der Waals surface area (Å²) < 4.78 is 0. The summed E-state index contributed by atoms with van der Waals surface area (Å²) >= 11 is 0. The smallest absolute Gasteiger partial charge is 0.240 e. The number of hydrazone groups is 1. The van der Waals surface area contributed by atoms with Crippen molar-refractivity contribution in [3.63, 3.8) is 0 Å². The van der Waals surface area contributed by atoms with Gasteiger partial charge in [0.15, 0.2) is 0 Å². The van der Waals surface area contributed by atoms with Gasteiger partial charge in [-0.1, -0.05) is 17.7 Å². The summed E-state index contributed by atoms with van der Waals surface area (Å²) in [5, 5.41) is 16.9. The number of nitrogens with one attached hydrogen (secondary N) is 2. The van der Waals surface area contributed by atoms with Crippen molar-refractivity contribution in [2.24, 2.45) is 5.10 Å². The predicted octanol–water partition coefficient (Wildman–Crippen LogP) is 3.72. The zero-order valence-electron chi connectivity index (χ0n) is 18.0. The summed E-state index contributed by atoms with van der Waals surface area (Å²) in [6.07, 6.45) is 1.45. The van der Waals surface area contributed by atoms with E-state index >= 15 is 0 Å². The molecule has 2 amide bonds. The molecule has 2 aromatic rings. The lowest BCUT2D eigenvalue weighted by Crippen LogP contribution is -2.21. The highest BCUT2D eigenvalue weighted by Gasteiger charge is 2.09. The second kappa shape index (κ2) is 11.0. The van der Waals surface area contributed by atoms with E-state index in [1.54, 1.807) is 12.1 Å². The maximum Gasteiger partial charge on any atom is 0.240 e. The van der Waals surface area contributed by atoms with Gasteiger partial charge in [0, 0.05) is 48.9 Å². The maximum atomic E-state index is 12.1. The van der Waals surface area contributed by atoms with Crippen LogP contribution >= 0.6 is 0 Å². The molecule has 0 atom stereocenters. The molecule has 0 bridgehead atoms. The molecule has 0 aromatic heterocycles. The summed E-state index contributed by atoms with van der Waals surface area (Å²) in [6, 6.07) is 11.1. The molecule has 0 aliphatic rings. The molecule has 2 rings (SSSR count). The van der Waals surface area contributed by atoms with Gasteiger partial charge < -0.3 is 15.3 Å². The van der Waals surface area contributed by atoms with Crippen molar-refractivity contribution < 1.29 is 14.7 Å². The minimum absolute atomic E-state index is 0.0148. The molecule has 0 aliphatic heterocycles. The number of phenols is 1. The lowest BCUT2D eigenvalue weighted by molar-refractivity contribution is -0.124. The molecule has 0 unspecified atom stereocenters. The van der Waals surface area contributed by atoms with Gasteiger partial charge in [-0.2, -0.15) is 5.10 Å². The quantitative estimate of drug-likeness (QED) is 0.434. The van der Waals surface area contributed by atoms with Crippen molar-refractivity contribution in [3.05, 3.63) is 53.1 Å². The normalized spacial score (nSPS) is 10.8. The van der Waals surface area contributed by atoms with Crippen LogP contribution in [0, 0.1) is 13.8 Å². The second-order valence-electron chi connectivity index (χ2n) is 7.08. The zero-order valence-corrected chi connectivity index (χ0v) is 18.0. The number of carbonyl (C=O) groups excluding carboxylic acids is 2.